The molecule has 0 fully saturated rings. The van der Waals surface area contributed by atoms with E-state index < -0.39 is 14.8 Å². The quantitative estimate of drug-likeness (QED) is 0.172. The number of hydrogen-bond donors (Lipinski definition) is 0. The van der Waals surface area contributed by atoms with Gasteiger partial charge in [-0.2, -0.15) is 0 Å². The van der Waals surface area contributed by atoms with Crippen LogP contribution in [-0.2, 0) is 37.0 Å². The van der Waals surface area contributed by atoms with Crippen LogP contribution in [0.2, 0.25) is 0 Å². The molecule has 148 valence electrons. The van der Waals surface area contributed by atoms with Crippen molar-refractivity contribution in [1.82, 2.24) is 0 Å². The Balaban J connectivity index is 5.24. The summed E-state index contributed by atoms with van der Waals surface area (Å²) in [6.07, 6.45) is 0.751. The lowest BCUT2D eigenvalue weighted by molar-refractivity contribution is -0.139. The van der Waals surface area contributed by atoms with E-state index in [-0.39, 0.29) is 19.8 Å². The van der Waals surface area contributed by atoms with E-state index in [1.807, 2.05) is 6.92 Å². The van der Waals surface area contributed by atoms with E-state index in [4.69, 9.17) is 32.2 Å². The van der Waals surface area contributed by atoms with Crippen LogP contribution >= 0.6 is 0 Å². The van der Waals surface area contributed by atoms with Gasteiger partial charge in [0.25, 0.3) is 0 Å². The van der Waals surface area contributed by atoms with E-state index in [1.54, 1.807) is 34.0 Å². The van der Waals surface area contributed by atoms with Crippen molar-refractivity contribution in [2.45, 2.75) is 20.3 Å². The Labute approximate surface area is 151 Å². The molecule has 0 rings (SSSR count). The Bertz CT molecular complexity index is 349. The van der Waals surface area contributed by atoms with Gasteiger partial charge in [-0.15, -0.1) is 0 Å². The minimum Gasteiger partial charge on any atom is -0.462 e. The zero-order valence-corrected chi connectivity index (χ0v) is 17.0. The van der Waals surface area contributed by atoms with Gasteiger partial charge in [0, 0.05) is 26.9 Å². The molecule has 0 aliphatic carbocycles. The molecule has 0 atom stereocenters. The standard InChI is InChI=1S/C16H32O8Si/c1-6-7-21-16(17)15(2)14-25(22-11-8-18-3,23-12-9-19-4)24-13-10-20-5/h14H,6-13H2,1-5H3. The summed E-state index contributed by atoms with van der Waals surface area (Å²) in [5.41, 5.74) is 1.98. The van der Waals surface area contributed by atoms with Crippen molar-refractivity contribution in [2.75, 3.05) is 67.6 Å². The number of esters is 1. The molecule has 0 radical (unpaired) electrons. The molecule has 0 aromatic heterocycles. The summed E-state index contributed by atoms with van der Waals surface area (Å²) in [5.74, 6) is -0.417. The van der Waals surface area contributed by atoms with Crippen molar-refractivity contribution in [3.63, 3.8) is 0 Å². The Hall–Kier alpha value is -0.813. The number of methoxy groups -OCH3 is 3. The topological polar surface area (TPSA) is 81.7 Å². The Kier molecular flexibility index (Phi) is 14.9. The molecule has 0 aromatic rings. The molecule has 25 heavy (non-hydrogen) atoms. The average Bonchev–Trinajstić information content (AvgIpc) is 2.60. The highest BCUT2D eigenvalue weighted by atomic mass is 28.4. The van der Waals surface area contributed by atoms with Crippen LogP contribution in [0.4, 0.5) is 0 Å². The first kappa shape index (κ1) is 24.2. The summed E-state index contributed by atoms with van der Waals surface area (Å²) in [6, 6.07) is 0. The first-order valence-electron chi connectivity index (χ1n) is 8.30. The third-order valence-electron chi connectivity index (χ3n) is 2.92. The maximum Gasteiger partial charge on any atom is 0.530 e. The van der Waals surface area contributed by atoms with E-state index in [1.165, 1.54) is 0 Å². The summed E-state index contributed by atoms with van der Waals surface area (Å²) in [4.78, 5) is 12.1. The zero-order valence-electron chi connectivity index (χ0n) is 16.0. The number of carbonyl (C=O) groups excluding carboxylic acids is 1. The maximum absolute atomic E-state index is 12.1. The van der Waals surface area contributed by atoms with Gasteiger partial charge >= 0.3 is 14.8 Å². The number of rotatable bonds is 16. The summed E-state index contributed by atoms with van der Waals surface area (Å²) >= 11 is 0. The predicted molar refractivity (Wildman–Crippen MR) is 94.2 cm³/mol. The highest BCUT2D eigenvalue weighted by molar-refractivity contribution is 6.66. The smallest absolute Gasteiger partial charge is 0.462 e. The van der Waals surface area contributed by atoms with Gasteiger partial charge in [0.2, 0.25) is 0 Å². The summed E-state index contributed by atoms with van der Waals surface area (Å²) in [5, 5.41) is 0. The van der Waals surface area contributed by atoms with E-state index in [9.17, 15) is 4.79 Å². The zero-order chi connectivity index (χ0) is 19.0. The lowest BCUT2D eigenvalue weighted by atomic mass is 10.4. The molecule has 0 saturated heterocycles. The minimum atomic E-state index is -3.28. The van der Waals surface area contributed by atoms with Gasteiger partial charge in [0.05, 0.1) is 46.2 Å². The van der Waals surface area contributed by atoms with Crippen molar-refractivity contribution >= 4 is 14.8 Å². The monoisotopic (exact) mass is 380 g/mol. The fourth-order valence-electron chi connectivity index (χ4n) is 1.68. The Morgan fingerprint density at radius 3 is 1.60 bits per heavy atom. The van der Waals surface area contributed by atoms with Gasteiger partial charge in [-0.1, -0.05) is 6.92 Å². The molecule has 0 unspecified atom stereocenters. The van der Waals surface area contributed by atoms with Crippen LogP contribution in [0.3, 0.4) is 0 Å². The second kappa shape index (κ2) is 15.4. The molecular weight excluding hydrogens is 348 g/mol. The summed E-state index contributed by atoms with van der Waals surface area (Å²) in [7, 11) is 1.46. The summed E-state index contributed by atoms with van der Waals surface area (Å²) < 4.78 is 37.8. The molecule has 8 nitrogen and oxygen atoms in total. The molecule has 0 saturated carbocycles. The molecule has 0 spiro atoms. The van der Waals surface area contributed by atoms with Gasteiger partial charge in [-0.25, -0.2) is 4.79 Å². The van der Waals surface area contributed by atoms with Gasteiger partial charge in [-0.3, -0.25) is 0 Å². The van der Waals surface area contributed by atoms with E-state index >= 15 is 0 Å². The lowest BCUT2D eigenvalue weighted by Crippen LogP contribution is -2.47. The molecule has 0 amide bonds. The molecule has 0 N–H and O–H groups in total. The van der Waals surface area contributed by atoms with Crippen molar-refractivity contribution in [3.8, 4) is 0 Å². The molecule has 0 aromatic carbocycles. The first-order valence-corrected chi connectivity index (χ1v) is 10.1. The third kappa shape index (κ3) is 11.4. The molecule has 0 aliphatic rings. The van der Waals surface area contributed by atoms with Gasteiger partial charge in [-0.05, 0) is 19.0 Å². The molecular formula is C16H32O8Si. The Morgan fingerprint density at radius 1 is 0.800 bits per heavy atom. The minimum absolute atomic E-state index is 0.274. The number of ether oxygens (including phenoxy) is 4. The normalized spacial score (nSPS) is 12.4. The third-order valence-corrected chi connectivity index (χ3v) is 5.53. The fraction of sp³-hybridized carbons (Fsp3) is 0.812. The summed E-state index contributed by atoms with van der Waals surface area (Å²) in [6.45, 7) is 5.90. The van der Waals surface area contributed by atoms with Crippen LogP contribution in [0.5, 0.6) is 0 Å². The number of hydrogen-bond acceptors (Lipinski definition) is 8. The first-order chi connectivity index (χ1) is 12.0. The highest BCUT2D eigenvalue weighted by Gasteiger charge is 2.40. The van der Waals surface area contributed by atoms with Gasteiger partial charge in [0.1, 0.15) is 0 Å². The largest absolute Gasteiger partial charge is 0.530 e. The fourth-order valence-corrected chi connectivity index (χ4v) is 3.94. The molecule has 0 aliphatic heterocycles. The van der Waals surface area contributed by atoms with Gasteiger partial charge < -0.3 is 32.2 Å². The van der Waals surface area contributed by atoms with E-state index in [2.05, 4.69) is 0 Å². The number of carbonyl (C=O) groups is 1. The van der Waals surface area contributed by atoms with Crippen molar-refractivity contribution in [3.05, 3.63) is 11.3 Å². The Morgan fingerprint density at radius 2 is 1.24 bits per heavy atom. The average molecular weight is 381 g/mol. The second-order valence-corrected chi connectivity index (χ2v) is 7.45. The van der Waals surface area contributed by atoms with Crippen molar-refractivity contribution < 1.29 is 37.0 Å². The van der Waals surface area contributed by atoms with Crippen LogP contribution in [0, 0.1) is 0 Å². The van der Waals surface area contributed by atoms with Crippen LogP contribution in [0.25, 0.3) is 0 Å². The van der Waals surface area contributed by atoms with Crippen LogP contribution in [0.15, 0.2) is 11.3 Å². The maximum atomic E-state index is 12.1. The van der Waals surface area contributed by atoms with Crippen molar-refractivity contribution in [2.24, 2.45) is 0 Å². The van der Waals surface area contributed by atoms with Crippen LogP contribution in [-0.4, -0.2) is 82.4 Å². The molecule has 0 bridgehead atoms. The second-order valence-electron chi connectivity index (χ2n) is 5.09. The molecule has 0 heterocycles. The SMILES string of the molecule is CCCOC(=O)C(C)=C[Si](OCCOC)(OCCOC)OCCOC. The van der Waals surface area contributed by atoms with Crippen LogP contribution in [0.1, 0.15) is 20.3 Å². The van der Waals surface area contributed by atoms with E-state index in [0.717, 1.165) is 6.42 Å². The van der Waals surface area contributed by atoms with Crippen molar-refractivity contribution in [1.29, 1.82) is 0 Å². The van der Waals surface area contributed by atoms with Gasteiger partial charge in [0.15, 0.2) is 0 Å². The van der Waals surface area contributed by atoms with Crippen LogP contribution < -0.4 is 0 Å². The highest BCUT2D eigenvalue weighted by Crippen LogP contribution is 2.16. The molecule has 9 heteroatoms. The predicted octanol–water partition coefficient (Wildman–Crippen LogP) is 1.35. The van der Waals surface area contributed by atoms with E-state index in [0.29, 0.717) is 32.0 Å². The lowest BCUT2D eigenvalue weighted by Gasteiger charge is -2.27.